The number of rotatable bonds is 5. The molecule has 6 nitrogen and oxygen atoms in total. The first-order valence-corrected chi connectivity index (χ1v) is 8.45. The fourth-order valence-electron chi connectivity index (χ4n) is 2.83. The topological polar surface area (TPSA) is 61.4 Å². The van der Waals surface area contributed by atoms with E-state index < -0.39 is 0 Å². The fraction of sp³-hybridized carbons (Fsp3) is 0.250. The van der Waals surface area contributed by atoms with Crippen molar-refractivity contribution in [1.82, 2.24) is 14.3 Å². The molecule has 1 atom stereocenters. The van der Waals surface area contributed by atoms with E-state index in [-0.39, 0.29) is 11.8 Å². The molecule has 0 radical (unpaired) electrons. The standard InChI is InChI=1S/C20H22N4O2/c1-14-8-7-10-17(12-14)15(2)26-21-13-18-9-5-6-11-19(18)24-16(3)22-23(4)20(24)25/h5-13,15H,1-4H3/b21-13+. The molecule has 0 bridgehead atoms. The molecule has 0 saturated heterocycles. The van der Waals surface area contributed by atoms with E-state index in [1.807, 2.05) is 56.3 Å². The van der Waals surface area contributed by atoms with Gasteiger partial charge in [0.2, 0.25) is 0 Å². The zero-order valence-electron chi connectivity index (χ0n) is 15.4. The van der Waals surface area contributed by atoms with Crippen molar-refractivity contribution < 1.29 is 4.84 Å². The van der Waals surface area contributed by atoms with E-state index in [1.54, 1.807) is 24.8 Å². The predicted octanol–water partition coefficient (Wildman–Crippen LogP) is 3.30. The minimum Gasteiger partial charge on any atom is -0.388 e. The quantitative estimate of drug-likeness (QED) is 0.524. The zero-order valence-corrected chi connectivity index (χ0v) is 15.4. The van der Waals surface area contributed by atoms with Crippen molar-refractivity contribution in [3.8, 4) is 5.69 Å². The molecule has 0 aliphatic rings. The summed E-state index contributed by atoms with van der Waals surface area (Å²) in [7, 11) is 1.63. The molecule has 6 heteroatoms. The van der Waals surface area contributed by atoms with Crippen LogP contribution in [0.15, 0.2) is 58.5 Å². The van der Waals surface area contributed by atoms with E-state index in [2.05, 4.69) is 16.3 Å². The zero-order chi connectivity index (χ0) is 18.7. The van der Waals surface area contributed by atoms with Gasteiger partial charge in [-0.15, -0.1) is 0 Å². The summed E-state index contributed by atoms with van der Waals surface area (Å²) in [4.78, 5) is 17.9. The van der Waals surface area contributed by atoms with Gasteiger partial charge < -0.3 is 4.84 Å². The maximum absolute atomic E-state index is 12.3. The molecule has 0 saturated carbocycles. The van der Waals surface area contributed by atoms with Crippen LogP contribution < -0.4 is 5.69 Å². The molecule has 0 fully saturated rings. The second kappa shape index (κ2) is 7.39. The van der Waals surface area contributed by atoms with Crippen LogP contribution in [0.25, 0.3) is 5.69 Å². The van der Waals surface area contributed by atoms with E-state index in [0.29, 0.717) is 5.82 Å². The van der Waals surface area contributed by atoms with Gasteiger partial charge in [0.15, 0.2) is 0 Å². The van der Waals surface area contributed by atoms with Crippen molar-refractivity contribution in [3.63, 3.8) is 0 Å². The summed E-state index contributed by atoms with van der Waals surface area (Å²) in [5.74, 6) is 0.618. The summed E-state index contributed by atoms with van der Waals surface area (Å²) >= 11 is 0. The third-order valence-corrected chi connectivity index (χ3v) is 4.19. The van der Waals surface area contributed by atoms with E-state index in [1.165, 1.54) is 10.2 Å². The average molecular weight is 350 g/mol. The molecule has 0 N–H and O–H groups in total. The van der Waals surface area contributed by atoms with Crippen LogP contribution in [0.4, 0.5) is 0 Å². The number of hydrogen-bond donors (Lipinski definition) is 0. The second-order valence-corrected chi connectivity index (χ2v) is 6.24. The van der Waals surface area contributed by atoms with Gasteiger partial charge in [-0.25, -0.2) is 14.0 Å². The number of aromatic nitrogens is 3. The number of benzene rings is 2. The van der Waals surface area contributed by atoms with Crippen molar-refractivity contribution in [2.24, 2.45) is 12.2 Å². The Morgan fingerprint density at radius 3 is 2.62 bits per heavy atom. The molecule has 3 rings (SSSR count). The Labute approximate surface area is 152 Å². The predicted molar refractivity (Wildman–Crippen MR) is 102 cm³/mol. The third kappa shape index (κ3) is 3.59. The number of nitrogens with zero attached hydrogens (tertiary/aromatic N) is 4. The maximum atomic E-state index is 12.3. The van der Waals surface area contributed by atoms with Gasteiger partial charge in [0.05, 0.1) is 11.9 Å². The smallest absolute Gasteiger partial charge is 0.350 e. The van der Waals surface area contributed by atoms with E-state index >= 15 is 0 Å². The lowest BCUT2D eigenvalue weighted by molar-refractivity contribution is 0.0736. The first-order chi connectivity index (χ1) is 12.5. The average Bonchev–Trinajstić information content (AvgIpc) is 2.87. The van der Waals surface area contributed by atoms with Crippen molar-refractivity contribution in [2.45, 2.75) is 26.9 Å². The van der Waals surface area contributed by atoms with Gasteiger partial charge in [-0.2, -0.15) is 5.10 Å². The highest BCUT2D eigenvalue weighted by Crippen LogP contribution is 2.18. The highest BCUT2D eigenvalue weighted by molar-refractivity contribution is 5.84. The Kier molecular flexibility index (Phi) is 5.02. The minimum absolute atomic E-state index is 0.166. The molecule has 1 unspecified atom stereocenters. The van der Waals surface area contributed by atoms with E-state index in [9.17, 15) is 4.79 Å². The lowest BCUT2D eigenvalue weighted by atomic mass is 10.1. The van der Waals surface area contributed by atoms with Gasteiger partial charge >= 0.3 is 5.69 Å². The van der Waals surface area contributed by atoms with Gasteiger partial charge in [0.1, 0.15) is 11.9 Å². The first kappa shape index (κ1) is 17.7. The Morgan fingerprint density at radius 2 is 1.92 bits per heavy atom. The van der Waals surface area contributed by atoms with Crippen molar-refractivity contribution in [1.29, 1.82) is 0 Å². The van der Waals surface area contributed by atoms with Crippen LogP contribution in [0.1, 0.15) is 35.5 Å². The van der Waals surface area contributed by atoms with E-state index in [0.717, 1.165) is 16.8 Å². The molecule has 0 amide bonds. The van der Waals surface area contributed by atoms with Crippen molar-refractivity contribution in [3.05, 3.63) is 81.5 Å². The number of hydrogen-bond acceptors (Lipinski definition) is 4. The van der Waals surface area contributed by atoms with Gasteiger partial charge in [-0.3, -0.25) is 0 Å². The van der Waals surface area contributed by atoms with Gasteiger partial charge in [-0.1, -0.05) is 53.2 Å². The fourth-order valence-corrected chi connectivity index (χ4v) is 2.83. The highest BCUT2D eigenvalue weighted by atomic mass is 16.6. The highest BCUT2D eigenvalue weighted by Gasteiger charge is 2.12. The Balaban J connectivity index is 1.85. The third-order valence-electron chi connectivity index (χ3n) is 4.19. The molecular formula is C20H22N4O2. The van der Waals surface area contributed by atoms with Gasteiger partial charge in [-0.05, 0) is 32.4 Å². The van der Waals surface area contributed by atoms with Crippen LogP contribution in [0, 0.1) is 13.8 Å². The molecule has 26 heavy (non-hydrogen) atoms. The molecule has 0 aliphatic heterocycles. The molecule has 134 valence electrons. The van der Waals surface area contributed by atoms with E-state index in [4.69, 9.17) is 4.84 Å². The SMILES string of the molecule is Cc1cccc(C(C)O/N=C/c2ccccc2-n2c(C)nn(C)c2=O)c1. The van der Waals surface area contributed by atoms with Gasteiger partial charge in [0, 0.05) is 12.6 Å². The lowest BCUT2D eigenvalue weighted by Gasteiger charge is -2.11. The monoisotopic (exact) mass is 350 g/mol. The molecule has 0 aliphatic carbocycles. The second-order valence-electron chi connectivity index (χ2n) is 6.24. The molecule has 1 aromatic heterocycles. The van der Waals surface area contributed by atoms with Crippen LogP contribution in [-0.4, -0.2) is 20.6 Å². The Morgan fingerprint density at radius 1 is 1.15 bits per heavy atom. The van der Waals surface area contributed by atoms with Crippen molar-refractivity contribution >= 4 is 6.21 Å². The molecule has 0 spiro atoms. The van der Waals surface area contributed by atoms with Gasteiger partial charge in [0.25, 0.3) is 0 Å². The summed E-state index contributed by atoms with van der Waals surface area (Å²) in [6.07, 6.45) is 1.46. The number of para-hydroxylation sites is 1. The summed E-state index contributed by atoms with van der Waals surface area (Å²) < 4.78 is 2.88. The first-order valence-electron chi connectivity index (χ1n) is 8.45. The van der Waals surface area contributed by atoms with Crippen molar-refractivity contribution in [2.75, 3.05) is 0 Å². The maximum Gasteiger partial charge on any atom is 0.350 e. The lowest BCUT2D eigenvalue weighted by Crippen LogP contribution is -2.22. The Bertz CT molecular complexity index is 1000. The molecule has 2 aromatic carbocycles. The number of oxime groups is 1. The summed E-state index contributed by atoms with van der Waals surface area (Å²) in [6, 6.07) is 15.7. The van der Waals surface area contributed by atoms with Crippen LogP contribution >= 0.6 is 0 Å². The number of aryl methyl sites for hydroxylation is 3. The summed E-state index contributed by atoms with van der Waals surface area (Å²) in [5, 5.41) is 8.31. The summed E-state index contributed by atoms with van der Waals surface area (Å²) in [5.41, 5.74) is 3.55. The Hall–Kier alpha value is -3.15. The molecule has 3 aromatic rings. The normalized spacial score (nSPS) is 12.5. The largest absolute Gasteiger partial charge is 0.388 e. The van der Waals surface area contributed by atoms with Crippen LogP contribution in [0.3, 0.4) is 0 Å². The van der Waals surface area contributed by atoms with Crippen LogP contribution in [0.2, 0.25) is 0 Å². The van der Waals surface area contributed by atoms with Crippen LogP contribution in [-0.2, 0) is 11.9 Å². The molecule has 1 heterocycles. The summed E-state index contributed by atoms with van der Waals surface area (Å²) in [6.45, 7) is 5.79. The van der Waals surface area contributed by atoms with Crippen LogP contribution in [0.5, 0.6) is 0 Å². The molecular weight excluding hydrogens is 328 g/mol. The minimum atomic E-state index is -0.197.